The van der Waals surface area contributed by atoms with Gasteiger partial charge in [-0.05, 0) is 76.9 Å². The molecule has 0 radical (unpaired) electrons. The third-order valence-electron chi connectivity index (χ3n) is 6.03. The molecule has 4 rings (SSSR count). The van der Waals surface area contributed by atoms with Crippen molar-refractivity contribution in [3.05, 3.63) is 48.5 Å². The number of hydrogen-bond donors (Lipinski definition) is 1. The molecule has 9 heteroatoms. The molecular weight excluding hydrogens is 468 g/mol. The molecule has 35 heavy (non-hydrogen) atoms. The maximum absolute atomic E-state index is 12.6. The minimum atomic E-state index is -0.577. The summed E-state index contributed by atoms with van der Waals surface area (Å²) in [6, 6.07) is 15.6. The van der Waals surface area contributed by atoms with Crippen molar-refractivity contribution >= 4 is 29.4 Å². The second-order valence-electron chi connectivity index (χ2n) is 9.92. The van der Waals surface area contributed by atoms with Gasteiger partial charge >= 0.3 is 5.97 Å². The summed E-state index contributed by atoms with van der Waals surface area (Å²) in [5.74, 6) is 1.83. The molecule has 1 fully saturated rings. The molecule has 1 atom stereocenters. The molecule has 1 aliphatic heterocycles. The van der Waals surface area contributed by atoms with Gasteiger partial charge in [0.25, 0.3) is 0 Å². The second kappa shape index (κ2) is 12.2. The molecule has 190 valence electrons. The monoisotopic (exact) mass is 502 g/mol. The summed E-state index contributed by atoms with van der Waals surface area (Å²) in [6.45, 7) is 9.07. The van der Waals surface area contributed by atoms with Crippen LogP contribution in [0.5, 0.6) is 11.5 Å². The minimum absolute atomic E-state index is 0. The molecular formula is C26H35ClN4O4. The fourth-order valence-electron chi connectivity index (χ4n) is 3.95. The fraction of sp³-hybridized carbons (Fsp3) is 0.500. The molecule has 0 amide bonds. The van der Waals surface area contributed by atoms with Gasteiger partial charge in [0.15, 0.2) is 5.52 Å². The van der Waals surface area contributed by atoms with Gasteiger partial charge in [-0.15, -0.1) is 17.5 Å². The van der Waals surface area contributed by atoms with E-state index in [4.69, 9.17) is 14.2 Å². The summed E-state index contributed by atoms with van der Waals surface area (Å²) >= 11 is 0. The number of halogens is 1. The highest BCUT2D eigenvalue weighted by Gasteiger charge is 2.29. The Morgan fingerprint density at radius 3 is 2.54 bits per heavy atom. The van der Waals surface area contributed by atoms with E-state index in [1.165, 1.54) is 0 Å². The van der Waals surface area contributed by atoms with Crippen molar-refractivity contribution in [1.29, 1.82) is 0 Å². The normalized spacial score (nSPS) is 15.9. The summed E-state index contributed by atoms with van der Waals surface area (Å²) in [6.07, 6.45) is 1.71. The number of carbonyl (C=O) groups excluding carboxylic acids is 1. The zero-order chi connectivity index (χ0) is 24.0. The van der Waals surface area contributed by atoms with E-state index in [0.29, 0.717) is 23.7 Å². The van der Waals surface area contributed by atoms with Crippen molar-refractivity contribution in [2.24, 2.45) is 11.3 Å². The van der Waals surface area contributed by atoms with E-state index in [9.17, 15) is 4.79 Å². The van der Waals surface area contributed by atoms with Crippen LogP contribution in [0.2, 0.25) is 0 Å². The number of ether oxygens (including phenoxy) is 3. The van der Waals surface area contributed by atoms with E-state index in [2.05, 4.69) is 20.3 Å². The average molecular weight is 503 g/mol. The van der Waals surface area contributed by atoms with Crippen LogP contribution in [-0.4, -0.2) is 65.2 Å². The minimum Gasteiger partial charge on any atom is -0.493 e. The molecule has 2 heterocycles. The second-order valence-corrected chi connectivity index (χ2v) is 9.92. The molecule has 1 saturated heterocycles. The van der Waals surface area contributed by atoms with Gasteiger partial charge in [0.2, 0.25) is 0 Å². The van der Waals surface area contributed by atoms with Gasteiger partial charge in [0, 0.05) is 6.54 Å². The van der Waals surface area contributed by atoms with Gasteiger partial charge in [-0.1, -0.05) is 29.5 Å². The zero-order valence-corrected chi connectivity index (χ0v) is 21.4. The van der Waals surface area contributed by atoms with Gasteiger partial charge in [-0.25, -0.2) is 0 Å². The topological polar surface area (TPSA) is 89.6 Å². The Kier molecular flexibility index (Phi) is 9.34. The SMILES string of the molecule is CC(C)(C)C(=O)OC(COc1cccc2[nH]nnc12)CN1CCC(COc2ccccc2)CC1.Cl. The van der Waals surface area contributed by atoms with E-state index >= 15 is 0 Å². The van der Waals surface area contributed by atoms with Crippen LogP contribution in [0.4, 0.5) is 0 Å². The Hall–Kier alpha value is -2.84. The summed E-state index contributed by atoms with van der Waals surface area (Å²) in [4.78, 5) is 15.0. The number of fused-ring (bicyclic) bond motifs is 1. The number of nitrogens with zero attached hydrogens (tertiary/aromatic N) is 3. The van der Waals surface area contributed by atoms with Crippen LogP contribution < -0.4 is 9.47 Å². The number of rotatable bonds is 9. The summed E-state index contributed by atoms with van der Waals surface area (Å²) < 4.78 is 17.9. The first-order valence-electron chi connectivity index (χ1n) is 11.9. The maximum atomic E-state index is 12.6. The first-order valence-corrected chi connectivity index (χ1v) is 11.9. The third kappa shape index (κ3) is 7.57. The molecule has 1 aliphatic rings. The largest absolute Gasteiger partial charge is 0.493 e. The third-order valence-corrected chi connectivity index (χ3v) is 6.03. The van der Waals surface area contributed by atoms with Crippen LogP contribution in [0.25, 0.3) is 11.0 Å². The van der Waals surface area contributed by atoms with Crippen molar-refractivity contribution in [2.45, 2.75) is 39.7 Å². The lowest BCUT2D eigenvalue weighted by molar-refractivity contribution is -0.161. The maximum Gasteiger partial charge on any atom is 0.311 e. The molecule has 0 aliphatic carbocycles. The Morgan fingerprint density at radius 1 is 1.09 bits per heavy atom. The summed E-state index contributed by atoms with van der Waals surface area (Å²) in [7, 11) is 0. The predicted molar refractivity (Wildman–Crippen MR) is 137 cm³/mol. The number of H-pyrrole nitrogens is 1. The number of para-hydroxylation sites is 1. The lowest BCUT2D eigenvalue weighted by Gasteiger charge is -2.34. The van der Waals surface area contributed by atoms with Crippen molar-refractivity contribution in [3.63, 3.8) is 0 Å². The van der Waals surface area contributed by atoms with E-state index in [0.717, 1.165) is 43.8 Å². The molecule has 0 bridgehead atoms. The van der Waals surface area contributed by atoms with Crippen LogP contribution in [0, 0.1) is 11.3 Å². The zero-order valence-electron chi connectivity index (χ0n) is 20.6. The van der Waals surface area contributed by atoms with Crippen LogP contribution >= 0.6 is 12.4 Å². The molecule has 1 aromatic heterocycles. The molecule has 8 nitrogen and oxygen atoms in total. The summed E-state index contributed by atoms with van der Waals surface area (Å²) in [5, 5.41) is 10.8. The Labute approximate surface area is 212 Å². The number of hydrogen-bond acceptors (Lipinski definition) is 7. The van der Waals surface area contributed by atoms with Crippen molar-refractivity contribution in [1.82, 2.24) is 20.3 Å². The van der Waals surface area contributed by atoms with Gasteiger partial charge in [0.1, 0.15) is 24.2 Å². The Bertz CT molecular complexity index is 1060. The van der Waals surface area contributed by atoms with E-state index in [1.54, 1.807) is 0 Å². The number of aromatic amines is 1. The van der Waals surface area contributed by atoms with Crippen molar-refractivity contribution in [2.75, 3.05) is 32.8 Å². The lowest BCUT2D eigenvalue weighted by Crippen LogP contribution is -2.44. The van der Waals surface area contributed by atoms with Crippen LogP contribution in [0.1, 0.15) is 33.6 Å². The standard InChI is InChI=1S/C26H34N4O4.ClH/c1-26(2,3)25(31)34-21(18-33-23-11-7-10-22-24(23)28-29-27-22)16-30-14-12-19(13-15-30)17-32-20-8-5-4-6-9-20;/h4-11,19,21H,12-18H2,1-3H3,(H,27,28,29);1H. The van der Waals surface area contributed by atoms with Gasteiger partial charge in [-0.3, -0.25) is 14.8 Å². The highest BCUT2D eigenvalue weighted by atomic mass is 35.5. The molecule has 3 aromatic rings. The van der Waals surface area contributed by atoms with Crippen LogP contribution in [0.3, 0.4) is 0 Å². The number of aromatic nitrogens is 3. The number of esters is 1. The molecule has 1 unspecified atom stereocenters. The van der Waals surface area contributed by atoms with Crippen molar-refractivity contribution in [3.8, 4) is 11.5 Å². The van der Waals surface area contributed by atoms with Crippen LogP contribution in [0.15, 0.2) is 48.5 Å². The highest BCUT2D eigenvalue weighted by Crippen LogP contribution is 2.24. The number of likely N-dealkylation sites (tertiary alicyclic amines) is 1. The highest BCUT2D eigenvalue weighted by molar-refractivity contribution is 5.85. The first-order chi connectivity index (χ1) is 16.4. The molecule has 0 saturated carbocycles. The van der Waals surface area contributed by atoms with Crippen LogP contribution in [-0.2, 0) is 9.53 Å². The number of carbonyl (C=O) groups is 1. The molecule has 0 spiro atoms. The van der Waals surface area contributed by atoms with Gasteiger partial charge in [-0.2, -0.15) is 0 Å². The fourth-order valence-corrected chi connectivity index (χ4v) is 3.95. The molecule has 2 aromatic carbocycles. The van der Waals surface area contributed by atoms with E-state index in [-0.39, 0.29) is 31.1 Å². The predicted octanol–water partition coefficient (Wildman–Crippen LogP) is 4.51. The number of nitrogens with one attached hydrogen (secondary N) is 1. The first kappa shape index (κ1) is 26.8. The van der Waals surface area contributed by atoms with E-state index in [1.807, 2.05) is 69.3 Å². The quantitative estimate of drug-likeness (QED) is 0.430. The smallest absolute Gasteiger partial charge is 0.311 e. The Balaban J connectivity index is 0.00000342. The number of benzene rings is 2. The Morgan fingerprint density at radius 2 is 1.83 bits per heavy atom. The van der Waals surface area contributed by atoms with Gasteiger partial charge in [0.05, 0.1) is 17.5 Å². The average Bonchev–Trinajstić information content (AvgIpc) is 3.32. The molecule has 1 N–H and O–H groups in total. The lowest BCUT2D eigenvalue weighted by atomic mass is 9.97. The summed E-state index contributed by atoms with van der Waals surface area (Å²) in [5.41, 5.74) is 0.898. The number of piperidine rings is 1. The van der Waals surface area contributed by atoms with Crippen molar-refractivity contribution < 1.29 is 19.0 Å². The van der Waals surface area contributed by atoms with Gasteiger partial charge < -0.3 is 14.2 Å². The van der Waals surface area contributed by atoms with E-state index < -0.39 is 5.41 Å².